The van der Waals surface area contributed by atoms with Gasteiger partial charge in [-0.15, -0.1) is 0 Å². The molecule has 0 unspecified atom stereocenters. The average molecular weight is 511 g/mol. The van der Waals surface area contributed by atoms with E-state index in [1.54, 1.807) is 6.07 Å². The van der Waals surface area contributed by atoms with Gasteiger partial charge < -0.3 is 26.1 Å². The smallest absolute Gasteiger partial charge is 0.319 e. The van der Waals surface area contributed by atoms with Crippen LogP contribution in [0.15, 0.2) is 12.1 Å². The number of nitrogens with zero attached hydrogens (tertiary/aromatic N) is 1. The molecule has 1 heterocycles. The minimum absolute atomic E-state index is 0.0367. The molecule has 1 amide bonds. The van der Waals surface area contributed by atoms with Gasteiger partial charge in [-0.1, -0.05) is 13.8 Å². The number of fused-ring (bicyclic) bond motifs is 3. The third kappa shape index (κ3) is 4.77. The van der Waals surface area contributed by atoms with Crippen LogP contribution in [0, 0.1) is 11.2 Å². The Hall–Kier alpha value is -3.20. The highest BCUT2D eigenvalue weighted by Gasteiger charge is 2.39. The van der Waals surface area contributed by atoms with Gasteiger partial charge in [0.25, 0.3) is 5.91 Å². The number of nitrogens with one attached hydrogen (secondary N) is 1. The molecular weight excluding hydrogens is 475 g/mol. The third-order valence-electron chi connectivity index (χ3n) is 7.96. The molecule has 0 bridgehead atoms. The predicted molar refractivity (Wildman–Crippen MR) is 138 cm³/mol. The number of aromatic nitrogens is 1. The molecule has 5 rings (SSSR count). The molecule has 2 aromatic rings. The maximum atomic E-state index is 15.5. The lowest BCUT2D eigenvalue weighted by Gasteiger charge is -2.31. The van der Waals surface area contributed by atoms with E-state index in [-0.39, 0.29) is 35.5 Å². The summed E-state index contributed by atoms with van der Waals surface area (Å²) in [6.07, 6.45) is 6.32. The molecular formula is C28H35FN4O4. The van der Waals surface area contributed by atoms with Crippen LogP contribution < -0.4 is 16.8 Å². The summed E-state index contributed by atoms with van der Waals surface area (Å²) < 4.78 is 22.9. The van der Waals surface area contributed by atoms with Crippen molar-refractivity contribution in [2.75, 3.05) is 11.9 Å². The third-order valence-corrected chi connectivity index (χ3v) is 7.96. The molecule has 0 radical (unpaired) electrons. The second-order valence-electron chi connectivity index (χ2n) is 11.4. The Balaban J connectivity index is 1.51. The van der Waals surface area contributed by atoms with Gasteiger partial charge in [-0.2, -0.15) is 0 Å². The van der Waals surface area contributed by atoms with Crippen molar-refractivity contribution in [3.05, 3.63) is 46.0 Å². The number of rotatable bonds is 6. The molecule has 0 aliphatic heterocycles. The number of benzene rings is 1. The fourth-order valence-corrected chi connectivity index (χ4v) is 6.40. The van der Waals surface area contributed by atoms with Crippen molar-refractivity contribution < 1.29 is 23.5 Å². The molecule has 0 spiro atoms. The summed E-state index contributed by atoms with van der Waals surface area (Å²) in [7, 11) is 0. The van der Waals surface area contributed by atoms with E-state index in [0.717, 1.165) is 41.8 Å². The van der Waals surface area contributed by atoms with E-state index in [0.29, 0.717) is 49.9 Å². The van der Waals surface area contributed by atoms with Crippen LogP contribution in [0.4, 0.5) is 10.1 Å². The standard InChI is InChI=1S/C28H35FN4O4/c1-28(2)12-22-25(23(34)13-28)18-4-3-5-21(18)33(22)16-10-19(29)26(27(31)36)20(11-16)32-15-6-8-17(9-7-15)37-24(35)14-30/h10-11,15,17,32H,3-9,12-14,30H2,1-2H3,(H2,31,36). The number of hydrogen-bond donors (Lipinski definition) is 3. The summed E-state index contributed by atoms with van der Waals surface area (Å²) in [6, 6.07) is 3.11. The van der Waals surface area contributed by atoms with E-state index in [2.05, 4.69) is 23.7 Å². The molecule has 1 fully saturated rings. The Morgan fingerprint density at radius 1 is 1.14 bits per heavy atom. The van der Waals surface area contributed by atoms with Crippen molar-refractivity contribution in [3.63, 3.8) is 0 Å². The summed E-state index contributed by atoms with van der Waals surface area (Å²) in [6.45, 7) is 4.02. The van der Waals surface area contributed by atoms with Gasteiger partial charge in [0.05, 0.1) is 23.5 Å². The van der Waals surface area contributed by atoms with Gasteiger partial charge in [-0.05, 0) is 74.5 Å². The van der Waals surface area contributed by atoms with Crippen molar-refractivity contribution in [1.29, 1.82) is 0 Å². The summed E-state index contributed by atoms with van der Waals surface area (Å²) in [4.78, 5) is 36.9. The molecule has 0 atom stereocenters. The highest BCUT2D eigenvalue weighted by molar-refractivity contribution is 6.01. The maximum absolute atomic E-state index is 15.5. The SMILES string of the molecule is CC1(C)CC(=O)c2c3c(n(-c4cc(F)c(C(N)=O)c(NC5CCC(OC(=O)CN)CC5)c4)c2C1)CCC3. The fraction of sp³-hybridized carbons (Fsp3) is 0.536. The first-order valence-electron chi connectivity index (χ1n) is 13.2. The molecule has 198 valence electrons. The van der Waals surface area contributed by atoms with Crippen molar-refractivity contribution in [2.45, 2.75) is 83.8 Å². The topological polar surface area (TPSA) is 129 Å². The average Bonchev–Trinajstić information content (AvgIpc) is 3.38. The summed E-state index contributed by atoms with van der Waals surface area (Å²) in [5.41, 5.74) is 15.4. The van der Waals surface area contributed by atoms with E-state index in [1.807, 2.05) is 0 Å². The number of nitrogens with two attached hydrogens (primary N) is 2. The van der Waals surface area contributed by atoms with E-state index < -0.39 is 17.7 Å². The number of Topliss-reactive ketones (excluding diaryl/α,β-unsaturated/α-hetero) is 1. The largest absolute Gasteiger partial charge is 0.461 e. The van der Waals surface area contributed by atoms with Crippen LogP contribution >= 0.6 is 0 Å². The first kappa shape index (κ1) is 25.4. The van der Waals surface area contributed by atoms with Crippen molar-refractivity contribution in [1.82, 2.24) is 4.57 Å². The molecule has 1 aromatic carbocycles. The Kier molecular flexibility index (Phi) is 6.60. The lowest BCUT2D eigenvalue weighted by Crippen LogP contribution is -2.33. The number of amides is 1. The Morgan fingerprint density at radius 2 is 1.86 bits per heavy atom. The minimum atomic E-state index is -0.840. The van der Waals surface area contributed by atoms with Crippen LogP contribution in [0.5, 0.6) is 0 Å². The zero-order valence-electron chi connectivity index (χ0n) is 21.5. The molecule has 0 saturated heterocycles. The number of carbonyl (C=O) groups excluding carboxylic acids is 3. The van der Waals surface area contributed by atoms with Gasteiger partial charge in [0.1, 0.15) is 11.9 Å². The Labute approximate surface area is 215 Å². The summed E-state index contributed by atoms with van der Waals surface area (Å²) in [5, 5.41) is 3.35. The van der Waals surface area contributed by atoms with E-state index >= 15 is 4.39 Å². The van der Waals surface area contributed by atoms with Gasteiger partial charge in [0.15, 0.2) is 5.78 Å². The number of esters is 1. The van der Waals surface area contributed by atoms with Crippen molar-refractivity contribution in [3.8, 4) is 5.69 Å². The van der Waals surface area contributed by atoms with Crippen LogP contribution in [-0.4, -0.2) is 40.9 Å². The highest BCUT2D eigenvalue weighted by atomic mass is 19.1. The Bertz CT molecular complexity index is 1270. The number of hydrogen-bond acceptors (Lipinski definition) is 6. The van der Waals surface area contributed by atoms with Crippen molar-refractivity contribution in [2.24, 2.45) is 16.9 Å². The van der Waals surface area contributed by atoms with E-state index in [9.17, 15) is 14.4 Å². The predicted octanol–water partition coefficient (Wildman–Crippen LogP) is 3.58. The molecule has 5 N–H and O–H groups in total. The van der Waals surface area contributed by atoms with E-state index in [1.165, 1.54) is 6.07 Å². The molecule has 9 heteroatoms. The number of carbonyl (C=O) groups is 3. The lowest BCUT2D eigenvalue weighted by atomic mass is 9.75. The number of ketones is 1. The second kappa shape index (κ2) is 9.59. The highest BCUT2D eigenvalue weighted by Crippen LogP contribution is 2.43. The van der Waals surface area contributed by atoms with Crippen LogP contribution in [-0.2, 0) is 28.8 Å². The molecule has 1 aromatic heterocycles. The summed E-state index contributed by atoms with van der Waals surface area (Å²) in [5.74, 6) is -1.80. The van der Waals surface area contributed by atoms with Crippen molar-refractivity contribution >= 4 is 23.3 Å². The van der Waals surface area contributed by atoms with E-state index in [4.69, 9.17) is 16.2 Å². The van der Waals surface area contributed by atoms with Crippen LogP contribution in [0.2, 0.25) is 0 Å². The van der Waals surface area contributed by atoms with Gasteiger partial charge in [0.2, 0.25) is 0 Å². The Morgan fingerprint density at radius 3 is 2.54 bits per heavy atom. The number of primary amides is 1. The number of ether oxygens (including phenoxy) is 1. The zero-order valence-corrected chi connectivity index (χ0v) is 21.5. The van der Waals surface area contributed by atoms with Gasteiger partial charge >= 0.3 is 5.97 Å². The normalized spacial score (nSPS) is 22.3. The molecule has 8 nitrogen and oxygen atoms in total. The number of halogens is 1. The monoisotopic (exact) mass is 510 g/mol. The van der Waals surface area contributed by atoms with Gasteiger partial charge in [-0.3, -0.25) is 14.4 Å². The minimum Gasteiger partial charge on any atom is -0.461 e. The first-order valence-corrected chi connectivity index (χ1v) is 13.2. The molecule has 3 aliphatic rings. The van der Waals surface area contributed by atoms with Crippen LogP contribution in [0.1, 0.15) is 90.0 Å². The van der Waals surface area contributed by atoms with Crippen LogP contribution in [0.3, 0.4) is 0 Å². The molecule has 1 saturated carbocycles. The van der Waals surface area contributed by atoms with Gasteiger partial charge in [-0.25, -0.2) is 4.39 Å². The first-order chi connectivity index (χ1) is 17.6. The summed E-state index contributed by atoms with van der Waals surface area (Å²) >= 11 is 0. The molecule has 3 aliphatic carbocycles. The van der Waals surface area contributed by atoms with Crippen LogP contribution in [0.25, 0.3) is 5.69 Å². The van der Waals surface area contributed by atoms with Gasteiger partial charge in [0, 0.05) is 29.4 Å². The maximum Gasteiger partial charge on any atom is 0.319 e. The quantitative estimate of drug-likeness (QED) is 0.510. The zero-order chi connectivity index (χ0) is 26.5. The lowest BCUT2D eigenvalue weighted by molar-refractivity contribution is -0.148. The second-order valence-corrected chi connectivity index (χ2v) is 11.4. The fourth-order valence-electron chi connectivity index (χ4n) is 6.40. The molecule has 37 heavy (non-hydrogen) atoms. The number of anilines is 1.